The lowest BCUT2D eigenvalue weighted by atomic mass is 10.1. The number of amides is 3. The number of aromatic nitrogens is 1. The second-order valence-electron chi connectivity index (χ2n) is 6.66. The number of carbonyl (C=O) groups excluding carboxylic acids is 2. The third kappa shape index (κ3) is 6.97. The molecule has 8 nitrogen and oxygen atoms in total. The molecule has 0 aliphatic heterocycles. The molecule has 0 aliphatic rings. The number of hydrogen-bond donors (Lipinski definition) is 2. The Morgan fingerprint density at radius 3 is 2.58 bits per heavy atom. The number of nitrogens with one attached hydrogen (secondary N) is 2. The van der Waals surface area contributed by atoms with Gasteiger partial charge in [-0.3, -0.25) is 4.79 Å². The average Bonchev–Trinajstić information content (AvgIpc) is 3.42. The number of nitrogens with zero attached hydrogens (tertiary/aromatic N) is 2. The van der Waals surface area contributed by atoms with E-state index < -0.39 is 12.3 Å². The fourth-order valence-corrected chi connectivity index (χ4v) is 3.83. The van der Waals surface area contributed by atoms with Gasteiger partial charge in [0.2, 0.25) is 0 Å². The highest BCUT2D eigenvalue weighted by Crippen LogP contribution is 2.27. The van der Waals surface area contributed by atoms with E-state index in [4.69, 9.17) is 4.42 Å². The van der Waals surface area contributed by atoms with Gasteiger partial charge < -0.3 is 24.4 Å². The Morgan fingerprint density at radius 2 is 1.94 bits per heavy atom. The first-order valence-electron chi connectivity index (χ1n) is 9.95. The summed E-state index contributed by atoms with van der Waals surface area (Å²) < 4.78 is 48.1. The Labute approximate surface area is 190 Å². The summed E-state index contributed by atoms with van der Waals surface area (Å²) in [5.41, 5.74) is 1.27. The van der Waals surface area contributed by atoms with Crippen molar-refractivity contribution in [2.45, 2.75) is 26.3 Å². The van der Waals surface area contributed by atoms with Gasteiger partial charge in [0.1, 0.15) is 5.75 Å². The summed E-state index contributed by atoms with van der Waals surface area (Å²) in [6, 6.07) is 8.20. The van der Waals surface area contributed by atoms with Crippen LogP contribution >= 0.6 is 11.3 Å². The van der Waals surface area contributed by atoms with Gasteiger partial charge >= 0.3 is 18.3 Å². The van der Waals surface area contributed by atoms with Gasteiger partial charge in [-0.25, -0.2) is 4.79 Å². The van der Waals surface area contributed by atoms with E-state index in [1.807, 2.05) is 6.92 Å². The topological polar surface area (TPSA) is 97.9 Å². The van der Waals surface area contributed by atoms with E-state index in [0.717, 1.165) is 0 Å². The minimum atomic E-state index is -4.78. The highest BCUT2D eigenvalue weighted by Gasteiger charge is 2.31. The summed E-state index contributed by atoms with van der Waals surface area (Å²) in [5, 5.41) is 7.11. The van der Waals surface area contributed by atoms with E-state index in [-0.39, 0.29) is 17.5 Å². The number of rotatable bonds is 8. The molecule has 3 amide bonds. The number of thiazole rings is 1. The highest BCUT2D eigenvalue weighted by molar-refractivity contribution is 7.07. The molecule has 0 fully saturated rings. The molecule has 3 rings (SSSR count). The standard InChI is InChI=1S/C21H21F3N4O4S/c1-2-25-19(30)26-10-4-11-28-16(14-6-8-15(9-7-14)32-21(22,23)24)13-33-20(28)27-18(29)17-5-3-12-31-17/h3,5-9,12-13H,2,4,10-11H2,1H3,(H2,25,26,30)/b27-20-. The predicted molar refractivity (Wildman–Crippen MR) is 115 cm³/mol. The molecule has 0 atom stereocenters. The molecule has 0 aliphatic carbocycles. The first kappa shape index (κ1) is 24.1. The molecule has 0 radical (unpaired) electrons. The van der Waals surface area contributed by atoms with Gasteiger partial charge in [0, 0.05) is 25.0 Å². The Kier molecular flexibility index (Phi) is 7.93. The van der Waals surface area contributed by atoms with Crippen molar-refractivity contribution in [3.05, 3.63) is 58.6 Å². The van der Waals surface area contributed by atoms with E-state index in [2.05, 4.69) is 20.4 Å². The second-order valence-corrected chi connectivity index (χ2v) is 7.50. The summed E-state index contributed by atoms with van der Waals surface area (Å²) >= 11 is 1.21. The van der Waals surface area contributed by atoms with Gasteiger partial charge in [-0.2, -0.15) is 4.99 Å². The van der Waals surface area contributed by atoms with Crippen molar-refractivity contribution < 1.29 is 31.9 Å². The zero-order valence-electron chi connectivity index (χ0n) is 17.5. The van der Waals surface area contributed by atoms with Crippen LogP contribution in [0.1, 0.15) is 23.9 Å². The normalized spacial score (nSPS) is 11.9. The molecule has 2 heterocycles. The quantitative estimate of drug-likeness (QED) is 0.471. The van der Waals surface area contributed by atoms with Gasteiger partial charge in [-0.05, 0) is 55.3 Å². The molecule has 176 valence electrons. The van der Waals surface area contributed by atoms with E-state index in [1.54, 1.807) is 16.0 Å². The van der Waals surface area contributed by atoms with Crippen LogP contribution < -0.4 is 20.2 Å². The lowest BCUT2D eigenvalue weighted by molar-refractivity contribution is -0.274. The molecule has 3 aromatic rings. The zero-order valence-corrected chi connectivity index (χ0v) is 18.3. The van der Waals surface area contributed by atoms with Crippen molar-refractivity contribution in [2.24, 2.45) is 4.99 Å². The van der Waals surface area contributed by atoms with Gasteiger partial charge in [0.25, 0.3) is 0 Å². The molecular weight excluding hydrogens is 461 g/mol. The van der Waals surface area contributed by atoms with E-state index in [1.165, 1.54) is 47.9 Å². The maximum Gasteiger partial charge on any atom is 0.573 e. The number of carbonyl (C=O) groups is 2. The van der Waals surface area contributed by atoms with Crippen LogP contribution in [0.4, 0.5) is 18.0 Å². The summed E-state index contributed by atoms with van der Waals surface area (Å²) in [4.78, 5) is 28.5. The van der Waals surface area contributed by atoms with Crippen LogP contribution in [-0.2, 0) is 6.54 Å². The van der Waals surface area contributed by atoms with Crippen molar-refractivity contribution in [1.29, 1.82) is 0 Å². The zero-order chi connectivity index (χ0) is 23.8. The average molecular weight is 482 g/mol. The van der Waals surface area contributed by atoms with Gasteiger partial charge in [0.15, 0.2) is 10.6 Å². The molecule has 1 aromatic carbocycles. The fraction of sp³-hybridized carbons (Fsp3) is 0.286. The van der Waals surface area contributed by atoms with Crippen LogP contribution in [-0.4, -0.2) is 36.0 Å². The van der Waals surface area contributed by atoms with Crippen molar-refractivity contribution in [3.63, 3.8) is 0 Å². The molecule has 0 spiro atoms. The molecule has 12 heteroatoms. The smallest absolute Gasteiger partial charge is 0.459 e. The third-order valence-electron chi connectivity index (χ3n) is 4.29. The van der Waals surface area contributed by atoms with E-state index in [9.17, 15) is 22.8 Å². The van der Waals surface area contributed by atoms with Crippen LogP contribution in [0.5, 0.6) is 5.75 Å². The van der Waals surface area contributed by atoms with Gasteiger partial charge in [-0.15, -0.1) is 24.5 Å². The monoisotopic (exact) mass is 482 g/mol. The number of benzene rings is 1. The number of urea groups is 1. The molecule has 0 saturated heterocycles. The summed E-state index contributed by atoms with van der Waals surface area (Å²) in [5.74, 6) is -0.809. The maximum atomic E-state index is 12.4. The van der Waals surface area contributed by atoms with Crippen molar-refractivity contribution in [2.75, 3.05) is 13.1 Å². The molecule has 0 bridgehead atoms. The number of alkyl halides is 3. The first-order valence-corrected chi connectivity index (χ1v) is 10.8. The SMILES string of the molecule is CCNC(=O)NCCCn1c(-c2ccc(OC(F)(F)F)cc2)cs/c1=N\C(=O)c1ccco1. The summed E-state index contributed by atoms with van der Waals surface area (Å²) in [7, 11) is 0. The fourth-order valence-electron chi connectivity index (χ4n) is 2.90. The minimum absolute atomic E-state index is 0.0862. The molecule has 2 aromatic heterocycles. The van der Waals surface area contributed by atoms with Crippen LogP contribution in [0.2, 0.25) is 0 Å². The molecule has 33 heavy (non-hydrogen) atoms. The van der Waals surface area contributed by atoms with Gasteiger partial charge in [0.05, 0.1) is 12.0 Å². The van der Waals surface area contributed by atoms with Crippen LogP contribution in [0.25, 0.3) is 11.3 Å². The molecule has 0 unspecified atom stereocenters. The van der Waals surface area contributed by atoms with Crippen LogP contribution in [0, 0.1) is 0 Å². The number of furan rings is 1. The number of ether oxygens (including phenoxy) is 1. The first-order chi connectivity index (χ1) is 15.8. The highest BCUT2D eigenvalue weighted by atomic mass is 32.1. The molecule has 2 N–H and O–H groups in total. The Balaban J connectivity index is 1.85. The van der Waals surface area contributed by atoms with E-state index >= 15 is 0 Å². The predicted octanol–water partition coefficient (Wildman–Crippen LogP) is 4.16. The molecule has 0 saturated carbocycles. The van der Waals surface area contributed by atoms with Gasteiger partial charge in [-0.1, -0.05) is 0 Å². The summed E-state index contributed by atoms with van der Waals surface area (Å²) in [6.07, 6.45) is -2.88. The van der Waals surface area contributed by atoms with Crippen molar-refractivity contribution in [1.82, 2.24) is 15.2 Å². The Bertz CT molecular complexity index is 1140. The number of halogens is 3. The second kappa shape index (κ2) is 10.9. The maximum absolute atomic E-state index is 12.4. The van der Waals surface area contributed by atoms with Crippen LogP contribution in [0.3, 0.4) is 0 Å². The third-order valence-corrected chi connectivity index (χ3v) is 5.16. The van der Waals surface area contributed by atoms with Crippen molar-refractivity contribution in [3.8, 4) is 17.0 Å². The molecular formula is C21H21F3N4O4S. The lowest BCUT2D eigenvalue weighted by Crippen LogP contribution is -2.36. The lowest BCUT2D eigenvalue weighted by Gasteiger charge is -2.12. The largest absolute Gasteiger partial charge is 0.573 e. The minimum Gasteiger partial charge on any atom is -0.459 e. The van der Waals surface area contributed by atoms with Crippen LogP contribution in [0.15, 0.2) is 57.5 Å². The number of hydrogen-bond acceptors (Lipinski definition) is 5. The Hall–Kier alpha value is -3.54. The Morgan fingerprint density at radius 1 is 1.18 bits per heavy atom. The van der Waals surface area contributed by atoms with Crippen molar-refractivity contribution >= 4 is 23.3 Å². The summed E-state index contributed by atoms with van der Waals surface area (Å²) in [6.45, 7) is 3.08. The van der Waals surface area contributed by atoms with E-state index in [0.29, 0.717) is 42.1 Å².